The van der Waals surface area contributed by atoms with Crippen LogP contribution in [0.1, 0.15) is 24.0 Å². The molecule has 1 amide bonds. The number of carbonyl (C=O) groups excluding carboxylic acids is 1. The Kier molecular flexibility index (Phi) is 8.87. The second-order valence-electron chi connectivity index (χ2n) is 6.21. The van der Waals surface area contributed by atoms with Gasteiger partial charge in [-0.1, -0.05) is 59.6 Å². The number of nitrogens with one attached hydrogen (secondary N) is 1. The number of amides is 1. The fourth-order valence-electron chi connectivity index (χ4n) is 2.64. The van der Waals surface area contributed by atoms with Gasteiger partial charge in [-0.3, -0.25) is 4.79 Å². The Morgan fingerprint density at radius 3 is 2.52 bits per heavy atom. The first kappa shape index (κ1) is 22.0. The van der Waals surface area contributed by atoms with Crippen LogP contribution < -0.4 is 5.32 Å². The van der Waals surface area contributed by atoms with E-state index in [0.717, 1.165) is 5.56 Å². The van der Waals surface area contributed by atoms with Crippen molar-refractivity contribution >= 4 is 40.7 Å². The van der Waals surface area contributed by atoms with Crippen molar-refractivity contribution in [3.05, 3.63) is 69.7 Å². The maximum atomic E-state index is 11.5. The summed E-state index contributed by atoms with van der Waals surface area (Å²) in [5, 5.41) is 14.5. The zero-order chi connectivity index (χ0) is 19.7. The van der Waals surface area contributed by atoms with E-state index in [1.165, 1.54) is 0 Å². The Morgan fingerprint density at radius 2 is 1.85 bits per heavy atom. The Balaban J connectivity index is 1.96. The lowest BCUT2D eigenvalue weighted by atomic mass is 9.89. The summed E-state index contributed by atoms with van der Waals surface area (Å²) in [5.41, 5.74) is 0.368. The van der Waals surface area contributed by atoms with Gasteiger partial charge in [0.1, 0.15) is 11.5 Å². The number of carbonyl (C=O) groups is 1. The zero-order valence-electron chi connectivity index (χ0n) is 14.8. The van der Waals surface area contributed by atoms with Gasteiger partial charge < -0.3 is 15.2 Å². The van der Waals surface area contributed by atoms with Crippen LogP contribution in [0.25, 0.3) is 0 Å². The molecule has 0 fully saturated rings. The molecule has 4 nitrogen and oxygen atoms in total. The molecule has 2 aromatic carbocycles. The largest absolute Gasteiger partial charge is 0.383 e. The molecule has 0 aromatic heterocycles. The molecular weight excluding hydrogens is 409 g/mol. The van der Waals surface area contributed by atoms with E-state index < -0.39 is 5.60 Å². The molecule has 2 N–H and O–H groups in total. The van der Waals surface area contributed by atoms with Gasteiger partial charge in [0.15, 0.2) is 0 Å². The Hall–Kier alpha value is -1.30. The summed E-state index contributed by atoms with van der Waals surface area (Å²) >= 11 is 17.6. The smallest absolute Gasteiger partial charge is 0.235 e. The summed E-state index contributed by atoms with van der Waals surface area (Å²) in [4.78, 5) is 11.5. The predicted octanol–water partition coefficient (Wildman–Crippen LogP) is 4.53. The topological polar surface area (TPSA) is 58.6 Å². The summed E-state index contributed by atoms with van der Waals surface area (Å²) in [6.45, 7) is 1.01. The third kappa shape index (κ3) is 6.98. The van der Waals surface area contributed by atoms with E-state index >= 15 is 0 Å². The molecule has 1 atom stereocenters. The van der Waals surface area contributed by atoms with Crippen molar-refractivity contribution in [3.8, 4) is 0 Å². The number of benzene rings is 2. The molecular formula is C20H22Cl3NO3. The number of alkyl halides is 1. The van der Waals surface area contributed by atoms with Crippen molar-refractivity contribution in [2.24, 2.45) is 0 Å². The number of rotatable bonds is 10. The highest BCUT2D eigenvalue weighted by Gasteiger charge is 2.30. The highest BCUT2D eigenvalue weighted by Crippen LogP contribution is 2.31. The third-order valence-corrected chi connectivity index (χ3v) is 5.13. The molecule has 0 aliphatic rings. The van der Waals surface area contributed by atoms with Crippen LogP contribution in [0.2, 0.25) is 10.0 Å². The van der Waals surface area contributed by atoms with Crippen molar-refractivity contribution < 1.29 is 14.6 Å². The van der Waals surface area contributed by atoms with Crippen LogP contribution in [-0.4, -0.2) is 30.0 Å². The normalized spacial score (nSPS) is 13.2. The van der Waals surface area contributed by atoms with E-state index in [0.29, 0.717) is 41.7 Å². The summed E-state index contributed by atoms with van der Waals surface area (Å²) in [5.74, 6) is -0.520. The molecule has 2 aromatic rings. The summed E-state index contributed by atoms with van der Waals surface area (Å²) in [7, 11) is 0. The molecule has 27 heavy (non-hydrogen) atoms. The van der Waals surface area contributed by atoms with Gasteiger partial charge in [-0.25, -0.2) is 0 Å². The van der Waals surface area contributed by atoms with Crippen molar-refractivity contribution in [1.29, 1.82) is 0 Å². The molecule has 1 unspecified atom stereocenters. The van der Waals surface area contributed by atoms with Crippen LogP contribution >= 0.6 is 34.8 Å². The van der Waals surface area contributed by atoms with Gasteiger partial charge in [-0.15, -0.1) is 11.6 Å². The van der Waals surface area contributed by atoms with E-state index in [1.807, 2.05) is 30.3 Å². The number of ether oxygens (including phenoxy) is 1. The van der Waals surface area contributed by atoms with Crippen LogP contribution in [-0.2, 0) is 21.7 Å². The fourth-order valence-corrected chi connectivity index (χ4v) is 3.04. The second kappa shape index (κ2) is 10.9. The van der Waals surface area contributed by atoms with E-state index in [9.17, 15) is 9.90 Å². The minimum atomic E-state index is -1.30. The molecule has 146 valence electrons. The van der Waals surface area contributed by atoms with Gasteiger partial charge in [-0.05, 0) is 36.1 Å². The molecule has 0 saturated carbocycles. The molecule has 0 heterocycles. The van der Waals surface area contributed by atoms with Gasteiger partial charge >= 0.3 is 0 Å². The number of halogens is 3. The zero-order valence-corrected chi connectivity index (χ0v) is 17.0. The fraction of sp³-hybridized carbons (Fsp3) is 0.350. The predicted molar refractivity (Wildman–Crippen MR) is 109 cm³/mol. The van der Waals surface area contributed by atoms with Crippen LogP contribution in [0.4, 0.5) is 0 Å². The van der Waals surface area contributed by atoms with Gasteiger partial charge in [0.2, 0.25) is 5.91 Å². The maximum absolute atomic E-state index is 11.5. The SMILES string of the molecule is O=C(CCl)NCC(O)(CCCOCc1ccccc1)c1ccc(Cl)c(Cl)c1. The molecule has 0 bridgehead atoms. The highest BCUT2D eigenvalue weighted by molar-refractivity contribution is 6.42. The van der Waals surface area contributed by atoms with Crippen molar-refractivity contribution in [2.45, 2.75) is 25.0 Å². The highest BCUT2D eigenvalue weighted by atomic mass is 35.5. The van der Waals surface area contributed by atoms with Gasteiger partial charge in [0.25, 0.3) is 0 Å². The van der Waals surface area contributed by atoms with E-state index in [2.05, 4.69) is 5.32 Å². The van der Waals surface area contributed by atoms with Gasteiger partial charge in [-0.2, -0.15) is 0 Å². The Labute approximate surface area is 174 Å². The van der Waals surface area contributed by atoms with Crippen LogP contribution in [0.3, 0.4) is 0 Å². The molecule has 0 spiro atoms. The summed E-state index contributed by atoms with van der Waals surface area (Å²) in [6.07, 6.45) is 0.975. The van der Waals surface area contributed by atoms with Crippen molar-refractivity contribution in [3.63, 3.8) is 0 Å². The first-order chi connectivity index (χ1) is 12.9. The van der Waals surface area contributed by atoms with Gasteiger partial charge in [0, 0.05) is 6.61 Å². The standard InChI is InChI=1S/C20H22Cl3NO3/c21-12-19(25)24-14-20(26,16-7-8-17(22)18(23)11-16)9-4-10-27-13-15-5-2-1-3-6-15/h1-3,5-8,11,26H,4,9-10,12-14H2,(H,24,25). The van der Waals surface area contributed by atoms with Crippen molar-refractivity contribution in [2.75, 3.05) is 19.0 Å². The van der Waals surface area contributed by atoms with Crippen LogP contribution in [0, 0.1) is 0 Å². The average molecular weight is 431 g/mol. The molecule has 0 aliphatic carbocycles. The molecule has 0 saturated heterocycles. The molecule has 7 heteroatoms. The first-order valence-corrected chi connectivity index (χ1v) is 9.86. The number of hydrogen-bond acceptors (Lipinski definition) is 3. The van der Waals surface area contributed by atoms with E-state index in [1.54, 1.807) is 18.2 Å². The summed E-state index contributed by atoms with van der Waals surface area (Å²) < 4.78 is 5.67. The van der Waals surface area contributed by atoms with E-state index in [4.69, 9.17) is 39.5 Å². The Bertz CT molecular complexity index is 743. The Morgan fingerprint density at radius 1 is 1.11 bits per heavy atom. The lowest BCUT2D eigenvalue weighted by molar-refractivity contribution is -0.120. The quantitative estimate of drug-likeness (QED) is 0.430. The van der Waals surface area contributed by atoms with Crippen LogP contribution in [0.5, 0.6) is 0 Å². The lowest BCUT2D eigenvalue weighted by Gasteiger charge is -2.29. The molecule has 2 rings (SSSR count). The number of hydrogen-bond donors (Lipinski definition) is 2. The first-order valence-electron chi connectivity index (χ1n) is 8.57. The third-order valence-electron chi connectivity index (χ3n) is 4.15. The summed E-state index contributed by atoms with van der Waals surface area (Å²) in [6, 6.07) is 14.8. The van der Waals surface area contributed by atoms with Crippen LogP contribution in [0.15, 0.2) is 48.5 Å². The number of aliphatic hydroxyl groups is 1. The van der Waals surface area contributed by atoms with Gasteiger partial charge in [0.05, 0.1) is 23.2 Å². The minimum Gasteiger partial charge on any atom is -0.383 e. The average Bonchev–Trinajstić information content (AvgIpc) is 2.68. The second-order valence-corrected chi connectivity index (χ2v) is 7.29. The lowest BCUT2D eigenvalue weighted by Crippen LogP contribution is -2.41. The maximum Gasteiger partial charge on any atom is 0.235 e. The van der Waals surface area contributed by atoms with E-state index in [-0.39, 0.29) is 18.3 Å². The monoisotopic (exact) mass is 429 g/mol. The molecule has 0 radical (unpaired) electrons. The minimum absolute atomic E-state index is 0.0230. The van der Waals surface area contributed by atoms with Crippen molar-refractivity contribution in [1.82, 2.24) is 5.32 Å². The molecule has 0 aliphatic heterocycles.